The molecule has 1 heterocycles. The summed E-state index contributed by atoms with van der Waals surface area (Å²) in [6.45, 7) is 3.23. The number of ketones is 1. The van der Waals surface area contributed by atoms with Gasteiger partial charge in [0.05, 0.1) is 13.7 Å². The van der Waals surface area contributed by atoms with Crippen molar-refractivity contribution in [1.29, 1.82) is 0 Å². The molecule has 4 amide bonds. The Morgan fingerprint density at radius 2 is 1.53 bits per heavy atom. The first-order valence-electron chi connectivity index (χ1n) is 9.72. The molecule has 0 aliphatic carbocycles. The topological polar surface area (TPSA) is 166 Å². The van der Waals surface area contributed by atoms with E-state index >= 15 is 0 Å². The molecular formula is C19H27N3O10. The number of carbonyl (C=O) groups is 7. The number of hydrogen-bond donors (Lipinski definition) is 1. The van der Waals surface area contributed by atoms with Gasteiger partial charge in [-0.25, -0.2) is 9.59 Å². The van der Waals surface area contributed by atoms with E-state index < -0.39 is 60.2 Å². The van der Waals surface area contributed by atoms with Crippen LogP contribution in [-0.4, -0.2) is 83.8 Å². The molecule has 0 spiro atoms. The molecule has 0 bridgehead atoms. The van der Waals surface area contributed by atoms with Crippen LogP contribution in [0.4, 0.5) is 4.79 Å². The van der Waals surface area contributed by atoms with Crippen molar-refractivity contribution in [2.24, 2.45) is 0 Å². The lowest BCUT2D eigenvalue weighted by molar-refractivity contribution is -0.198. The number of methoxy groups -OCH3 is 1. The largest absolute Gasteiger partial charge is 0.468 e. The zero-order valence-corrected chi connectivity index (χ0v) is 18.4. The lowest BCUT2D eigenvalue weighted by atomic mass is 10.2. The quantitative estimate of drug-likeness (QED) is 0.333. The van der Waals surface area contributed by atoms with E-state index in [2.05, 4.69) is 14.9 Å². The van der Waals surface area contributed by atoms with E-state index in [0.717, 1.165) is 12.0 Å². The zero-order valence-electron chi connectivity index (χ0n) is 18.4. The van der Waals surface area contributed by atoms with E-state index in [1.165, 1.54) is 0 Å². The van der Waals surface area contributed by atoms with Crippen molar-refractivity contribution >= 4 is 41.5 Å². The molecule has 13 nitrogen and oxygen atoms in total. The summed E-state index contributed by atoms with van der Waals surface area (Å²) in [7, 11) is 1.08. The fourth-order valence-corrected chi connectivity index (χ4v) is 2.37. The molecule has 13 heteroatoms. The van der Waals surface area contributed by atoms with E-state index in [4.69, 9.17) is 4.74 Å². The first-order chi connectivity index (χ1) is 14.8. The average Bonchev–Trinajstić information content (AvgIpc) is 3.00. The predicted molar refractivity (Wildman–Crippen MR) is 104 cm³/mol. The third-order valence-electron chi connectivity index (χ3n) is 3.87. The lowest BCUT2D eigenvalue weighted by Gasteiger charge is -2.21. The Bertz CT molecular complexity index is 771. The molecule has 32 heavy (non-hydrogen) atoms. The van der Waals surface area contributed by atoms with Crippen molar-refractivity contribution < 1.29 is 47.9 Å². The second-order valence-electron chi connectivity index (χ2n) is 7.77. The number of alkyl carbamates (subject to hydrolysis) is 1. The molecule has 1 aliphatic heterocycles. The number of Topliss-reactive ketones (excluding diaryl/α,β-unsaturated/α-hetero) is 1. The molecule has 1 N–H and O–H groups in total. The summed E-state index contributed by atoms with van der Waals surface area (Å²) in [4.78, 5) is 88.1. The molecule has 0 atom stereocenters. The van der Waals surface area contributed by atoms with Crippen LogP contribution in [0.2, 0.25) is 0 Å². The van der Waals surface area contributed by atoms with E-state index in [1.54, 1.807) is 20.8 Å². The highest BCUT2D eigenvalue weighted by atomic mass is 16.7. The molecule has 0 unspecified atom stereocenters. The standard InChI is InChI=1S/C19H27N3O10/c1-19(2,3)31-18(29)20-9-12(23)5-6-13(24)21(10-16(27)30-4)11-17(28)32-22-14(25)7-8-15(22)26/h5-11H2,1-4H3,(H,20,29). The SMILES string of the molecule is COC(=O)CN(CC(=O)ON1C(=O)CCC1=O)C(=O)CCC(=O)CNC(=O)OC(C)(C)C. The maximum absolute atomic E-state index is 12.4. The predicted octanol–water partition coefficient (Wildman–Crippen LogP) is -0.531. The first kappa shape index (κ1) is 26.5. The monoisotopic (exact) mass is 457 g/mol. The average molecular weight is 457 g/mol. The number of rotatable bonds is 10. The molecule has 0 aromatic carbocycles. The number of nitrogens with one attached hydrogen (secondary N) is 1. The first-order valence-corrected chi connectivity index (χ1v) is 9.72. The number of ether oxygens (including phenoxy) is 2. The Balaban J connectivity index is 2.59. The smallest absolute Gasteiger partial charge is 0.408 e. The summed E-state index contributed by atoms with van der Waals surface area (Å²) in [6.07, 6.45) is -1.66. The number of amides is 4. The van der Waals surface area contributed by atoms with Gasteiger partial charge in [0.1, 0.15) is 18.7 Å². The van der Waals surface area contributed by atoms with Gasteiger partial charge in [-0.15, -0.1) is 5.06 Å². The van der Waals surface area contributed by atoms with Gasteiger partial charge in [-0.3, -0.25) is 24.0 Å². The van der Waals surface area contributed by atoms with Crippen molar-refractivity contribution in [3.63, 3.8) is 0 Å². The third-order valence-corrected chi connectivity index (χ3v) is 3.87. The fourth-order valence-electron chi connectivity index (χ4n) is 2.37. The minimum absolute atomic E-state index is 0.101. The molecule has 0 radical (unpaired) electrons. The minimum Gasteiger partial charge on any atom is -0.468 e. The van der Waals surface area contributed by atoms with Gasteiger partial charge in [-0.1, -0.05) is 0 Å². The van der Waals surface area contributed by atoms with Gasteiger partial charge < -0.3 is 24.5 Å². The molecule has 1 rings (SSSR count). The van der Waals surface area contributed by atoms with Gasteiger partial charge >= 0.3 is 18.0 Å². The van der Waals surface area contributed by atoms with Crippen LogP contribution < -0.4 is 5.32 Å². The Kier molecular flexibility index (Phi) is 9.75. The number of nitrogens with zero attached hydrogens (tertiary/aromatic N) is 2. The van der Waals surface area contributed by atoms with E-state index in [9.17, 15) is 33.6 Å². The fraction of sp³-hybridized carbons (Fsp3) is 0.632. The van der Waals surface area contributed by atoms with Crippen LogP contribution in [-0.2, 0) is 43.1 Å². The minimum atomic E-state index is -1.12. The Labute approximate surface area is 184 Å². The number of hydrogen-bond acceptors (Lipinski definition) is 10. The molecule has 1 fully saturated rings. The summed E-state index contributed by atoms with van der Waals surface area (Å²) >= 11 is 0. The molecule has 1 saturated heterocycles. The van der Waals surface area contributed by atoms with E-state index in [0.29, 0.717) is 5.06 Å². The molecule has 178 valence electrons. The lowest BCUT2D eigenvalue weighted by Crippen LogP contribution is -2.43. The summed E-state index contributed by atoms with van der Waals surface area (Å²) in [6, 6.07) is 0. The maximum atomic E-state index is 12.4. The van der Waals surface area contributed by atoms with Crippen LogP contribution in [0, 0.1) is 0 Å². The summed E-state index contributed by atoms with van der Waals surface area (Å²) < 4.78 is 9.47. The van der Waals surface area contributed by atoms with Crippen LogP contribution in [0.15, 0.2) is 0 Å². The second kappa shape index (κ2) is 11.8. The van der Waals surface area contributed by atoms with Crippen molar-refractivity contribution in [1.82, 2.24) is 15.3 Å². The van der Waals surface area contributed by atoms with Crippen LogP contribution in [0.5, 0.6) is 0 Å². The Hall–Kier alpha value is -3.51. The van der Waals surface area contributed by atoms with E-state index in [-0.39, 0.29) is 32.2 Å². The summed E-state index contributed by atoms with van der Waals surface area (Å²) in [5.74, 6) is -4.59. The van der Waals surface area contributed by atoms with Crippen LogP contribution in [0.1, 0.15) is 46.5 Å². The third kappa shape index (κ3) is 9.53. The highest BCUT2D eigenvalue weighted by Gasteiger charge is 2.33. The van der Waals surface area contributed by atoms with Gasteiger partial charge in [0.25, 0.3) is 11.8 Å². The van der Waals surface area contributed by atoms with Crippen LogP contribution in [0.3, 0.4) is 0 Å². The van der Waals surface area contributed by atoms with Crippen LogP contribution >= 0.6 is 0 Å². The van der Waals surface area contributed by atoms with Gasteiger partial charge in [0, 0.05) is 25.7 Å². The number of carbonyl (C=O) groups excluding carboxylic acids is 7. The molecule has 0 saturated carbocycles. The Morgan fingerprint density at radius 3 is 2.06 bits per heavy atom. The van der Waals surface area contributed by atoms with E-state index in [1.807, 2.05) is 0 Å². The van der Waals surface area contributed by atoms with Gasteiger partial charge in [-0.2, -0.15) is 0 Å². The summed E-state index contributed by atoms with van der Waals surface area (Å²) in [5, 5.41) is 2.58. The highest BCUT2D eigenvalue weighted by molar-refractivity contribution is 6.01. The van der Waals surface area contributed by atoms with Crippen molar-refractivity contribution in [3.8, 4) is 0 Å². The normalized spacial score (nSPS) is 13.4. The zero-order chi connectivity index (χ0) is 24.5. The van der Waals surface area contributed by atoms with Gasteiger partial charge in [0.2, 0.25) is 5.91 Å². The number of imide groups is 1. The van der Waals surface area contributed by atoms with Gasteiger partial charge in [0.15, 0.2) is 5.78 Å². The van der Waals surface area contributed by atoms with Crippen molar-refractivity contribution in [3.05, 3.63) is 0 Å². The van der Waals surface area contributed by atoms with Crippen LogP contribution in [0.25, 0.3) is 0 Å². The highest BCUT2D eigenvalue weighted by Crippen LogP contribution is 2.12. The Morgan fingerprint density at radius 1 is 0.969 bits per heavy atom. The van der Waals surface area contributed by atoms with Crippen molar-refractivity contribution in [2.75, 3.05) is 26.7 Å². The number of hydroxylamine groups is 2. The summed E-state index contributed by atoms with van der Waals surface area (Å²) in [5.41, 5.74) is -0.740. The molecule has 0 aromatic heterocycles. The molecular weight excluding hydrogens is 430 g/mol. The molecule has 1 aliphatic rings. The van der Waals surface area contributed by atoms with Crippen molar-refractivity contribution in [2.45, 2.75) is 52.1 Å². The molecule has 0 aromatic rings. The second-order valence-corrected chi connectivity index (χ2v) is 7.77. The maximum Gasteiger partial charge on any atom is 0.408 e. The number of esters is 1. The van der Waals surface area contributed by atoms with Gasteiger partial charge in [-0.05, 0) is 20.8 Å².